The Morgan fingerprint density at radius 2 is 1.57 bits per heavy atom. The van der Waals surface area contributed by atoms with Crippen molar-refractivity contribution in [2.75, 3.05) is 7.05 Å². The van der Waals surface area contributed by atoms with Gasteiger partial charge in [0.05, 0.1) is 4.90 Å². The molecule has 210 valence electrons. The van der Waals surface area contributed by atoms with Crippen molar-refractivity contribution in [3.8, 4) is 0 Å². The lowest BCUT2D eigenvalue weighted by molar-refractivity contribution is 0.0957. The second-order valence-corrected chi connectivity index (χ2v) is 13.0. The average molecular weight is 598 g/mol. The fourth-order valence-electron chi connectivity index (χ4n) is 4.58. The predicted molar refractivity (Wildman–Crippen MR) is 161 cm³/mol. The molecule has 0 heterocycles. The summed E-state index contributed by atoms with van der Waals surface area (Å²) in [6.45, 7) is 17.9. The molecule has 1 aliphatic carbocycles. The number of nitrogens with two attached hydrogens (primary N) is 1. The molecule has 1 fully saturated rings. The second kappa shape index (κ2) is 16.3. The van der Waals surface area contributed by atoms with Crippen LogP contribution in [0, 0.1) is 10.8 Å². The fraction of sp³-hybridized carbons (Fsp3) is 0.567. The SMILES string of the molecule is CC.CC.CCC1(C)CCCC(C)(C)C1.CN(Cc1ccccc1)S(=O)(=O)c1cc(C(N)=O)ccc1Br. The zero-order valence-electron chi connectivity index (χ0n) is 24.4. The highest BCUT2D eigenvalue weighted by atomic mass is 79.9. The van der Waals surface area contributed by atoms with Crippen LogP contribution in [0.15, 0.2) is 57.9 Å². The van der Waals surface area contributed by atoms with E-state index in [9.17, 15) is 13.2 Å². The van der Waals surface area contributed by atoms with Crippen LogP contribution in [0.25, 0.3) is 0 Å². The average Bonchev–Trinajstić information content (AvgIpc) is 2.86. The van der Waals surface area contributed by atoms with Crippen LogP contribution >= 0.6 is 15.9 Å². The number of rotatable bonds is 6. The molecule has 2 N–H and O–H groups in total. The maximum atomic E-state index is 12.7. The first-order valence-electron chi connectivity index (χ1n) is 13.4. The summed E-state index contributed by atoms with van der Waals surface area (Å²) in [5.74, 6) is -0.672. The number of hydrogen-bond acceptors (Lipinski definition) is 3. The Morgan fingerprint density at radius 1 is 1.00 bits per heavy atom. The van der Waals surface area contributed by atoms with Crippen LogP contribution in [0.1, 0.15) is 103 Å². The summed E-state index contributed by atoms with van der Waals surface area (Å²) in [5.41, 5.74) is 7.50. The number of primary amides is 1. The Kier molecular flexibility index (Phi) is 15.6. The summed E-state index contributed by atoms with van der Waals surface area (Å²) in [4.78, 5) is 11.3. The van der Waals surface area contributed by atoms with Crippen LogP contribution in [0.3, 0.4) is 0 Å². The number of carbonyl (C=O) groups excluding carboxylic acids is 1. The Bertz CT molecular complexity index is 1060. The Morgan fingerprint density at radius 3 is 2.03 bits per heavy atom. The molecule has 0 aliphatic heterocycles. The molecule has 1 atom stereocenters. The minimum atomic E-state index is -3.75. The van der Waals surface area contributed by atoms with Crippen molar-refractivity contribution in [1.82, 2.24) is 4.31 Å². The number of sulfonamides is 1. The van der Waals surface area contributed by atoms with Crippen LogP contribution in [0.4, 0.5) is 0 Å². The van der Waals surface area contributed by atoms with Crippen molar-refractivity contribution >= 4 is 31.9 Å². The predicted octanol–water partition coefficient (Wildman–Crippen LogP) is 8.42. The number of hydrogen-bond donors (Lipinski definition) is 1. The lowest BCUT2D eigenvalue weighted by Crippen LogP contribution is -2.30. The third-order valence-corrected chi connectivity index (χ3v) is 9.34. The van der Waals surface area contributed by atoms with Gasteiger partial charge in [0.2, 0.25) is 15.9 Å². The molecule has 1 unspecified atom stereocenters. The van der Waals surface area contributed by atoms with Gasteiger partial charge in [0.25, 0.3) is 0 Å². The van der Waals surface area contributed by atoms with Gasteiger partial charge in [-0.05, 0) is 69.8 Å². The minimum Gasteiger partial charge on any atom is -0.366 e. The van der Waals surface area contributed by atoms with Gasteiger partial charge >= 0.3 is 0 Å². The molecule has 2 aromatic carbocycles. The first-order chi connectivity index (χ1) is 17.3. The standard InChI is InChI=1S/C15H15BrN2O3S.C11H22.2C2H6/c1-18(10-11-5-3-2-4-6-11)22(20,21)14-9-12(15(17)19)7-8-13(14)16;1-5-11(4)8-6-7-10(2,3)9-11;2*1-2/h2-9H,10H2,1H3,(H2,17,19);5-9H2,1-4H3;2*1-2H3. The molecular formula is C30H49BrN2O3S. The summed E-state index contributed by atoms with van der Waals surface area (Å²) in [5, 5.41) is 0. The molecule has 0 aromatic heterocycles. The maximum Gasteiger partial charge on any atom is 0.248 e. The van der Waals surface area contributed by atoms with Gasteiger partial charge in [0.15, 0.2) is 0 Å². The van der Waals surface area contributed by atoms with Gasteiger partial charge in [-0.25, -0.2) is 8.42 Å². The van der Waals surface area contributed by atoms with Gasteiger partial charge in [0, 0.05) is 23.6 Å². The third kappa shape index (κ3) is 11.3. The largest absolute Gasteiger partial charge is 0.366 e. The highest BCUT2D eigenvalue weighted by molar-refractivity contribution is 9.10. The molecule has 0 saturated heterocycles. The highest BCUT2D eigenvalue weighted by Crippen LogP contribution is 2.47. The lowest BCUT2D eigenvalue weighted by Gasteiger charge is -2.42. The van der Waals surface area contributed by atoms with Crippen molar-refractivity contribution < 1.29 is 13.2 Å². The Balaban J connectivity index is 0.000000725. The van der Waals surface area contributed by atoms with Crippen molar-refractivity contribution in [2.45, 2.75) is 98.9 Å². The Labute approximate surface area is 235 Å². The first-order valence-corrected chi connectivity index (χ1v) is 15.6. The summed E-state index contributed by atoms with van der Waals surface area (Å²) in [6, 6.07) is 13.5. The number of halogens is 1. The molecule has 0 radical (unpaired) electrons. The van der Waals surface area contributed by atoms with Gasteiger partial charge in [-0.1, -0.05) is 98.6 Å². The molecule has 37 heavy (non-hydrogen) atoms. The molecular weight excluding hydrogens is 548 g/mol. The summed E-state index contributed by atoms with van der Waals surface area (Å²) < 4.78 is 27.0. The summed E-state index contributed by atoms with van der Waals surface area (Å²) in [7, 11) is -2.25. The highest BCUT2D eigenvalue weighted by Gasteiger charge is 2.34. The van der Waals surface area contributed by atoms with Gasteiger partial charge in [-0.15, -0.1) is 0 Å². The van der Waals surface area contributed by atoms with Crippen LogP contribution in [-0.2, 0) is 16.6 Å². The third-order valence-electron chi connectivity index (χ3n) is 6.54. The van der Waals surface area contributed by atoms with E-state index in [1.807, 2.05) is 58.0 Å². The van der Waals surface area contributed by atoms with Gasteiger partial charge < -0.3 is 5.73 Å². The van der Waals surface area contributed by atoms with Gasteiger partial charge in [-0.2, -0.15) is 4.31 Å². The van der Waals surface area contributed by atoms with E-state index in [4.69, 9.17) is 5.73 Å². The molecule has 1 saturated carbocycles. The van der Waals surface area contributed by atoms with Crippen molar-refractivity contribution in [2.24, 2.45) is 16.6 Å². The van der Waals surface area contributed by atoms with E-state index in [0.29, 0.717) is 15.3 Å². The molecule has 1 amide bonds. The van der Waals surface area contributed by atoms with E-state index in [0.717, 1.165) is 5.56 Å². The van der Waals surface area contributed by atoms with E-state index in [1.165, 1.54) is 61.7 Å². The quantitative estimate of drug-likeness (QED) is 0.363. The first kappa shape index (κ1) is 35.3. The molecule has 5 nitrogen and oxygen atoms in total. The van der Waals surface area contributed by atoms with Crippen LogP contribution in [-0.4, -0.2) is 25.7 Å². The topological polar surface area (TPSA) is 80.5 Å². The van der Waals surface area contributed by atoms with Crippen LogP contribution in [0.5, 0.6) is 0 Å². The van der Waals surface area contributed by atoms with Gasteiger partial charge in [-0.3, -0.25) is 4.79 Å². The smallest absolute Gasteiger partial charge is 0.248 e. The molecule has 7 heteroatoms. The second-order valence-electron chi connectivity index (χ2n) is 10.1. The summed E-state index contributed by atoms with van der Waals surface area (Å²) >= 11 is 3.21. The van der Waals surface area contributed by atoms with E-state index < -0.39 is 15.9 Å². The van der Waals surface area contributed by atoms with Crippen LogP contribution in [0.2, 0.25) is 0 Å². The van der Waals surface area contributed by atoms with E-state index in [1.54, 1.807) is 0 Å². The maximum absolute atomic E-state index is 12.7. The normalized spacial score (nSPS) is 18.2. The number of benzene rings is 2. The van der Waals surface area contributed by atoms with E-state index >= 15 is 0 Å². The Hall–Kier alpha value is -1.70. The van der Waals surface area contributed by atoms with Crippen molar-refractivity contribution in [3.63, 3.8) is 0 Å². The molecule has 1 aliphatic rings. The number of nitrogens with zero attached hydrogens (tertiary/aromatic N) is 1. The summed E-state index contributed by atoms with van der Waals surface area (Å²) in [6.07, 6.45) is 7.11. The minimum absolute atomic E-state index is 0.0160. The van der Waals surface area contributed by atoms with E-state index in [-0.39, 0.29) is 17.0 Å². The lowest BCUT2D eigenvalue weighted by atomic mass is 9.63. The van der Waals surface area contributed by atoms with Crippen molar-refractivity contribution in [3.05, 3.63) is 64.1 Å². The fourth-order valence-corrected chi connectivity index (χ4v) is 6.68. The van der Waals surface area contributed by atoms with Crippen molar-refractivity contribution in [1.29, 1.82) is 0 Å². The molecule has 3 rings (SSSR count). The molecule has 2 aromatic rings. The zero-order chi connectivity index (χ0) is 28.9. The number of amides is 1. The van der Waals surface area contributed by atoms with Gasteiger partial charge in [0.1, 0.15) is 0 Å². The molecule has 0 bridgehead atoms. The van der Waals surface area contributed by atoms with E-state index in [2.05, 4.69) is 43.6 Å². The number of carbonyl (C=O) groups is 1. The molecule has 0 spiro atoms. The monoisotopic (exact) mass is 596 g/mol. The zero-order valence-corrected chi connectivity index (χ0v) is 26.8. The van der Waals surface area contributed by atoms with Crippen LogP contribution < -0.4 is 5.73 Å².